The quantitative estimate of drug-likeness (QED) is 0.0351. The van der Waals surface area contributed by atoms with Gasteiger partial charge in [-0.15, -0.1) is 0 Å². The van der Waals surface area contributed by atoms with E-state index in [2.05, 4.69) is 13.8 Å². The molecule has 0 saturated heterocycles. The average molecular weight is 790 g/mol. The SMILES string of the molecule is CCCCCCCCCCCCCCCCCCCCCCCC(=O)OC[C@@H](COP(=O)(O)OCCN)OC(=O)CCCCCCCCCCCCCC. The van der Waals surface area contributed by atoms with Gasteiger partial charge in [0, 0.05) is 19.4 Å². The molecule has 0 heterocycles. The Hall–Kier alpha value is -0.990. The number of carbonyl (C=O) groups is 2. The molecule has 9 nitrogen and oxygen atoms in total. The van der Waals surface area contributed by atoms with Crippen molar-refractivity contribution in [2.45, 2.75) is 245 Å². The van der Waals surface area contributed by atoms with Crippen LogP contribution in [0, 0.1) is 0 Å². The molecule has 2 atom stereocenters. The van der Waals surface area contributed by atoms with Crippen molar-refractivity contribution in [3.05, 3.63) is 0 Å². The molecule has 0 aromatic carbocycles. The number of carbonyl (C=O) groups excluding carboxylic acids is 2. The predicted octanol–water partition coefficient (Wildman–Crippen LogP) is 13.2. The van der Waals surface area contributed by atoms with E-state index in [0.717, 1.165) is 32.1 Å². The molecule has 54 heavy (non-hydrogen) atoms. The largest absolute Gasteiger partial charge is 0.472 e. The van der Waals surface area contributed by atoms with E-state index in [4.69, 9.17) is 24.3 Å². The van der Waals surface area contributed by atoms with Gasteiger partial charge in [0.15, 0.2) is 6.10 Å². The number of hydrogen-bond donors (Lipinski definition) is 2. The van der Waals surface area contributed by atoms with Crippen molar-refractivity contribution < 1.29 is 37.6 Å². The Kier molecular flexibility index (Phi) is 40.9. The second-order valence-corrected chi connectivity index (χ2v) is 17.1. The lowest BCUT2D eigenvalue weighted by Crippen LogP contribution is -2.29. The highest BCUT2D eigenvalue weighted by Gasteiger charge is 2.26. The number of esters is 2. The van der Waals surface area contributed by atoms with Crippen LogP contribution in [0.15, 0.2) is 0 Å². The molecule has 0 aliphatic carbocycles. The molecule has 0 rings (SSSR count). The molecule has 0 fully saturated rings. The molecule has 0 radical (unpaired) electrons. The summed E-state index contributed by atoms with van der Waals surface area (Å²) in [6, 6.07) is 0. The third kappa shape index (κ3) is 40.7. The molecule has 0 aromatic rings. The van der Waals surface area contributed by atoms with Crippen LogP contribution in [-0.4, -0.2) is 49.3 Å². The summed E-state index contributed by atoms with van der Waals surface area (Å²) in [5, 5.41) is 0. The average Bonchev–Trinajstić information content (AvgIpc) is 3.16. The van der Waals surface area contributed by atoms with Gasteiger partial charge in [0.1, 0.15) is 6.61 Å². The molecule has 322 valence electrons. The third-order valence-corrected chi connectivity index (χ3v) is 11.2. The number of hydrogen-bond acceptors (Lipinski definition) is 8. The Morgan fingerprint density at radius 3 is 1.13 bits per heavy atom. The van der Waals surface area contributed by atoms with Crippen molar-refractivity contribution in [2.24, 2.45) is 5.73 Å². The van der Waals surface area contributed by atoms with E-state index < -0.39 is 26.5 Å². The highest BCUT2D eigenvalue weighted by Crippen LogP contribution is 2.43. The van der Waals surface area contributed by atoms with Gasteiger partial charge in [-0.1, -0.05) is 213 Å². The Morgan fingerprint density at radius 2 is 0.796 bits per heavy atom. The lowest BCUT2D eigenvalue weighted by atomic mass is 10.0. The van der Waals surface area contributed by atoms with Crippen LogP contribution in [0.3, 0.4) is 0 Å². The number of phosphoric ester groups is 1. The van der Waals surface area contributed by atoms with Crippen molar-refractivity contribution in [2.75, 3.05) is 26.4 Å². The minimum atomic E-state index is -4.37. The number of nitrogens with two attached hydrogens (primary N) is 1. The van der Waals surface area contributed by atoms with Crippen LogP contribution in [0.5, 0.6) is 0 Å². The summed E-state index contributed by atoms with van der Waals surface area (Å²) in [6.45, 7) is 3.77. The van der Waals surface area contributed by atoms with Gasteiger partial charge < -0.3 is 20.1 Å². The van der Waals surface area contributed by atoms with Crippen LogP contribution in [0.1, 0.15) is 239 Å². The highest BCUT2D eigenvalue weighted by atomic mass is 31.2. The summed E-state index contributed by atoms with van der Waals surface area (Å²) in [5.41, 5.74) is 5.35. The van der Waals surface area contributed by atoms with E-state index in [1.165, 1.54) is 173 Å². The maximum absolute atomic E-state index is 12.6. The van der Waals surface area contributed by atoms with Crippen LogP contribution >= 0.6 is 7.82 Å². The first-order chi connectivity index (χ1) is 26.3. The molecule has 1 unspecified atom stereocenters. The summed E-state index contributed by atoms with van der Waals surface area (Å²) in [6.07, 6.45) is 41.4. The number of phosphoric acid groups is 1. The van der Waals surface area contributed by atoms with Crippen molar-refractivity contribution in [3.8, 4) is 0 Å². The van der Waals surface area contributed by atoms with Gasteiger partial charge in [-0.3, -0.25) is 18.6 Å². The first-order valence-electron chi connectivity index (χ1n) is 23.0. The zero-order chi connectivity index (χ0) is 39.6. The molecule has 0 bridgehead atoms. The number of unbranched alkanes of at least 4 members (excludes halogenated alkanes) is 31. The molecule has 3 N–H and O–H groups in total. The Bertz CT molecular complexity index is 860. The zero-order valence-electron chi connectivity index (χ0n) is 35.5. The van der Waals surface area contributed by atoms with Gasteiger partial charge in [0.2, 0.25) is 0 Å². The third-order valence-electron chi connectivity index (χ3n) is 10.2. The van der Waals surface area contributed by atoms with Crippen LogP contribution in [0.25, 0.3) is 0 Å². The monoisotopic (exact) mass is 790 g/mol. The van der Waals surface area contributed by atoms with E-state index in [0.29, 0.717) is 6.42 Å². The van der Waals surface area contributed by atoms with Gasteiger partial charge in [-0.25, -0.2) is 4.57 Å². The van der Waals surface area contributed by atoms with Crippen LogP contribution in [0.4, 0.5) is 0 Å². The van der Waals surface area contributed by atoms with E-state index >= 15 is 0 Å². The van der Waals surface area contributed by atoms with E-state index in [1.807, 2.05) is 0 Å². The summed E-state index contributed by atoms with van der Waals surface area (Å²) in [5.74, 6) is -0.812. The van der Waals surface area contributed by atoms with Gasteiger partial charge in [-0.05, 0) is 12.8 Å². The first-order valence-corrected chi connectivity index (χ1v) is 24.5. The van der Waals surface area contributed by atoms with Gasteiger partial charge in [-0.2, -0.15) is 0 Å². The Labute approximate surface area is 333 Å². The van der Waals surface area contributed by atoms with E-state index in [9.17, 15) is 19.0 Å². The lowest BCUT2D eigenvalue weighted by Gasteiger charge is -2.19. The first kappa shape index (κ1) is 53.0. The minimum Gasteiger partial charge on any atom is -0.462 e. The number of ether oxygens (including phenoxy) is 2. The summed E-state index contributed by atoms with van der Waals surface area (Å²) in [4.78, 5) is 34.9. The standard InChI is InChI=1S/C44H88NO8P/c1-3-5-7-9-11-13-15-17-18-19-20-21-22-23-24-25-27-28-30-32-34-36-43(46)50-40-42(41-52-54(48,49)51-39-38-45)53-44(47)37-35-33-31-29-26-16-14-12-10-8-6-4-2/h42H,3-41,45H2,1-2H3,(H,48,49)/t42-/m0/s1. The van der Waals surface area contributed by atoms with Crippen LogP contribution in [-0.2, 0) is 32.7 Å². The van der Waals surface area contributed by atoms with E-state index in [1.54, 1.807) is 0 Å². The lowest BCUT2D eigenvalue weighted by molar-refractivity contribution is -0.161. The summed E-state index contributed by atoms with van der Waals surface area (Å²) >= 11 is 0. The maximum atomic E-state index is 12.6. The fourth-order valence-electron chi connectivity index (χ4n) is 6.81. The molecular weight excluding hydrogens is 701 g/mol. The molecule has 0 aliphatic heterocycles. The molecule has 0 aromatic heterocycles. The van der Waals surface area contributed by atoms with E-state index in [-0.39, 0.29) is 38.6 Å². The summed E-state index contributed by atoms with van der Waals surface area (Å²) < 4.78 is 32.8. The maximum Gasteiger partial charge on any atom is 0.472 e. The molecule has 0 aliphatic rings. The van der Waals surface area contributed by atoms with Crippen molar-refractivity contribution in [1.82, 2.24) is 0 Å². The Morgan fingerprint density at radius 1 is 0.481 bits per heavy atom. The summed E-state index contributed by atoms with van der Waals surface area (Å²) in [7, 11) is -4.37. The fraction of sp³-hybridized carbons (Fsp3) is 0.955. The normalized spacial score (nSPS) is 13.2. The van der Waals surface area contributed by atoms with Crippen molar-refractivity contribution in [3.63, 3.8) is 0 Å². The van der Waals surface area contributed by atoms with Crippen LogP contribution in [0.2, 0.25) is 0 Å². The van der Waals surface area contributed by atoms with Crippen LogP contribution < -0.4 is 5.73 Å². The smallest absolute Gasteiger partial charge is 0.462 e. The molecule has 0 saturated carbocycles. The van der Waals surface area contributed by atoms with Gasteiger partial charge >= 0.3 is 19.8 Å². The highest BCUT2D eigenvalue weighted by molar-refractivity contribution is 7.47. The predicted molar refractivity (Wildman–Crippen MR) is 225 cm³/mol. The van der Waals surface area contributed by atoms with Gasteiger partial charge in [0.25, 0.3) is 0 Å². The van der Waals surface area contributed by atoms with Crippen molar-refractivity contribution >= 4 is 19.8 Å². The number of rotatable bonds is 44. The second-order valence-electron chi connectivity index (χ2n) is 15.6. The molecule has 10 heteroatoms. The molecule has 0 spiro atoms. The Balaban J connectivity index is 3.99. The second kappa shape index (κ2) is 41.6. The fourth-order valence-corrected chi connectivity index (χ4v) is 7.58. The molecule has 0 amide bonds. The zero-order valence-corrected chi connectivity index (χ0v) is 36.4. The van der Waals surface area contributed by atoms with Gasteiger partial charge in [0.05, 0.1) is 13.2 Å². The molecular formula is C44H88NO8P. The van der Waals surface area contributed by atoms with Crippen molar-refractivity contribution in [1.29, 1.82) is 0 Å². The minimum absolute atomic E-state index is 0.0581. The topological polar surface area (TPSA) is 134 Å².